The third-order valence-corrected chi connectivity index (χ3v) is 5.33. The molecule has 150 valence electrons. The summed E-state index contributed by atoms with van der Waals surface area (Å²) < 4.78 is 26.4. The highest BCUT2D eigenvalue weighted by Crippen LogP contribution is 2.33. The Balaban J connectivity index is 1.54. The van der Waals surface area contributed by atoms with E-state index in [1.807, 2.05) is 0 Å². The third kappa shape index (κ3) is 3.20. The van der Waals surface area contributed by atoms with Gasteiger partial charge in [-0.1, -0.05) is 18.2 Å². The summed E-state index contributed by atoms with van der Waals surface area (Å²) in [7, 11) is 0. The summed E-state index contributed by atoms with van der Waals surface area (Å²) in [6, 6.07) is 8.90. The summed E-state index contributed by atoms with van der Waals surface area (Å²) in [5.41, 5.74) is 0.373. The van der Waals surface area contributed by atoms with Crippen LogP contribution in [-0.4, -0.2) is 45.2 Å². The van der Waals surface area contributed by atoms with Crippen LogP contribution in [0.15, 0.2) is 47.4 Å². The SMILES string of the molecule is O=C1c2ccccc2C(=O)N1CC(=O)N1C(=O)S/C(=C\c2ccc(F)c(F)c2)C1=O. The van der Waals surface area contributed by atoms with Crippen molar-refractivity contribution < 1.29 is 32.8 Å². The second-order valence-corrected chi connectivity index (χ2v) is 7.32. The summed E-state index contributed by atoms with van der Waals surface area (Å²) in [4.78, 5) is 62.8. The predicted molar refractivity (Wildman–Crippen MR) is 101 cm³/mol. The van der Waals surface area contributed by atoms with E-state index in [0.717, 1.165) is 18.2 Å². The van der Waals surface area contributed by atoms with Gasteiger partial charge in [0, 0.05) is 0 Å². The number of carbonyl (C=O) groups is 5. The van der Waals surface area contributed by atoms with E-state index in [0.29, 0.717) is 21.6 Å². The van der Waals surface area contributed by atoms with Crippen molar-refractivity contribution in [1.29, 1.82) is 0 Å². The van der Waals surface area contributed by atoms with Crippen LogP contribution in [0.4, 0.5) is 13.6 Å². The number of imide groups is 4. The Morgan fingerprint density at radius 2 is 1.53 bits per heavy atom. The fourth-order valence-electron chi connectivity index (χ4n) is 3.02. The Bertz CT molecular complexity index is 1160. The standard InChI is InChI=1S/C20H10F2N2O5S/c21-13-6-5-10(7-14(13)22)8-15-19(28)24(20(29)30-15)16(25)9-23-17(26)11-3-1-2-4-12(11)18(23)27/h1-8H,9H2/b15-8-. The summed E-state index contributed by atoms with van der Waals surface area (Å²) in [6.45, 7) is -0.789. The first-order chi connectivity index (χ1) is 14.3. The maximum atomic E-state index is 13.3. The van der Waals surface area contributed by atoms with Crippen LogP contribution < -0.4 is 0 Å². The number of benzene rings is 2. The summed E-state index contributed by atoms with van der Waals surface area (Å²) in [5, 5.41) is -0.921. The number of rotatable bonds is 3. The molecule has 2 aliphatic heterocycles. The van der Waals surface area contributed by atoms with Gasteiger partial charge in [-0.05, 0) is 47.7 Å². The lowest BCUT2D eigenvalue weighted by Gasteiger charge is -2.16. The molecule has 0 atom stereocenters. The van der Waals surface area contributed by atoms with E-state index in [1.165, 1.54) is 18.2 Å². The van der Waals surface area contributed by atoms with E-state index in [4.69, 9.17) is 0 Å². The van der Waals surface area contributed by atoms with Crippen molar-refractivity contribution in [3.05, 3.63) is 75.7 Å². The molecule has 0 unspecified atom stereocenters. The van der Waals surface area contributed by atoms with Gasteiger partial charge in [-0.15, -0.1) is 0 Å². The molecule has 0 aliphatic carbocycles. The Labute approximate surface area is 171 Å². The number of nitrogens with zero attached hydrogens (tertiary/aromatic N) is 2. The average molecular weight is 428 g/mol. The zero-order valence-electron chi connectivity index (χ0n) is 14.9. The van der Waals surface area contributed by atoms with Gasteiger partial charge in [0.05, 0.1) is 16.0 Å². The van der Waals surface area contributed by atoms with E-state index in [2.05, 4.69) is 0 Å². The van der Waals surface area contributed by atoms with E-state index in [-0.39, 0.29) is 21.6 Å². The fraction of sp³-hybridized carbons (Fsp3) is 0.0500. The molecule has 2 heterocycles. The largest absolute Gasteiger partial charge is 0.300 e. The van der Waals surface area contributed by atoms with Gasteiger partial charge in [-0.2, -0.15) is 0 Å². The van der Waals surface area contributed by atoms with Crippen molar-refractivity contribution >= 4 is 46.7 Å². The highest BCUT2D eigenvalue weighted by atomic mass is 32.2. The number of hydrogen-bond acceptors (Lipinski definition) is 6. The van der Waals surface area contributed by atoms with Gasteiger partial charge in [0.15, 0.2) is 11.6 Å². The Kier molecular flexibility index (Phi) is 4.78. The molecule has 0 spiro atoms. The van der Waals surface area contributed by atoms with Crippen LogP contribution in [0.3, 0.4) is 0 Å². The molecule has 4 rings (SSSR count). The van der Waals surface area contributed by atoms with Crippen LogP contribution >= 0.6 is 11.8 Å². The lowest BCUT2D eigenvalue weighted by Crippen LogP contribution is -2.44. The first-order valence-electron chi connectivity index (χ1n) is 8.49. The van der Waals surface area contributed by atoms with Gasteiger partial charge in [-0.3, -0.25) is 28.9 Å². The van der Waals surface area contributed by atoms with Crippen molar-refractivity contribution in [3.63, 3.8) is 0 Å². The normalized spacial score (nSPS) is 17.3. The molecule has 0 saturated carbocycles. The molecule has 1 fully saturated rings. The average Bonchev–Trinajstić information content (AvgIpc) is 3.13. The fourth-order valence-corrected chi connectivity index (χ4v) is 3.86. The van der Waals surface area contributed by atoms with E-state index in [1.54, 1.807) is 12.1 Å². The van der Waals surface area contributed by atoms with E-state index < -0.39 is 47.0 Å². The topological polar surface area (TPSA) is 91.8 Å². The van der Waals surface area contributed by atoms with Crippen molar-refractivity contribution in [2.45, 2.75) is 0 Å². The van der Waals surface area contributed by atoms with Gasteiger partial charge >= 0.3 is 0 Å². The first kappa shape index (κ1) is 19.6. The molecule has 10 heteroatoms. The van der Waals surface area contributed by atoms with Crippen LogP contribution in [0.2, 0.25) is 0 Å². The van der Waals surface area contributed by atoms with Gasteiger partial charge in [0.1, 0.15) is 6.54 Å². The quantitative estimate of drug-likeness (QED) is 0.552. The molecule has 5 amide bonds. The number of halogens is 2. The molecule has 30 heavy (non-hydrogen) atoms. The molecule has 0 radical (unpaired) electrons. The van der Waals surface area contributed by atoms with Gasteiger partial charge in [0.25, 0.3) is 28.9 Å². The number of carbonyl (C=O) groups excluding carboxylic acids is 5. The summed E-state index contributed by atoms with van der Waals surface area (Å²) in [6.07, 6.45) is 1.14. The lowest BCUT2D eigenvalue weighted by atomic mass is 10.1. The van der Waals surface area contributed by atoms with Crippen molar-refractivity contribution in [1.82, 2.24) is 9.80 Å². The summed E-state index contributed by atoms with van der Waals surface area (Å²) >= 11 is 0.435. The maximum Gasteiger partial charge on any atom is 0.300 e. The Morgan fingerprint density at radius 3 is 2.13 bits per heavy atom. The third-order valence-electron chi connectivity index (χ3n) is 4.46. The minimum atomic E-state index is -1.13. The number of amides is 5. The minimum Gasteiger partial charge on any atom is -0.272 e. The molecule has 0 N–H and O–H groups in total. The number of hydrogen-bond donors (Lipinski definition) is 0. The van der Waals surface area contributed by atoms with Crippen LogP contribution in [0, 0.1) is 11.6 Å². The maximum absolute atomic E-state index is 13.3. The Hall–Kier alpha value is -3.66. The molecule has 2 aromatic rings. The lowest BCUT2D eigenvalue weighted by molar-refractivity contribution is -0.137. The molecule has 1 saturated heterocycles. The molecule has 7 nitrogen and oxygen atoms in total. The zero-order valence-corrected chi connectivity index (χ0v) is 15.7. The van der Waals surface area contributed by atoms with Crippen LogP contribution in [0.5, 0.6) is 0 Å². The van der Waals surface area contributed by atoms with Crippen molar-refractivity contribution in [3.8, 4) is 0 Å². The van der Waals surface area contributed by atoms with E-state index >= 15 is 0 Å². The molecule has 2 aliphatic rings. The predicted octanol–water partition coefficient (Wildman–Crippen LogP) is 2.82. The monoisotopic (exact) mass is 428 g/mol. The van der Waals surface area contributed by atoms with Gasteiger partial charge in [-0.25, -0.2) is 13.7 Å². The molecule has 0 aromatic heterocycles. The molecular weight excluding hydrogens is 418 g/mol. The van der Waals surface area contributed by atoms with Crippen molar-refractivity contribution in [2.24, 2.45) is 0 Å². The highest BCUT2D eigenvalue weighted by Gasteiger charge is 2.43. The second kappa shape index (κ2) is 7.30. The number of thioether (sulfide) groups is 1. The minimum absolute atomic E-state index is 0.118. The Morgan fingerprint density at radius 1 is 0.900 bits per heavy atom. The van der Waals surface area contributed by atoms with Gasteiger partial charge in [0.2, 0.25) is 0 Å². The highest BCUT2D eigenvalue weighted by molar-refractivity contribution is 8.18. The number of fused-ring (bicyclic) bond motifs is 1. The van der Waals surface area contributed by atoms with Gasteiger partial charge < -0.3 is 0 Å². The molecular formula is C20H10F2N2O5S. The van der Waals surface area contributed by atoms with Crippen LogP contribution in [0.25, 0.3) is 6.08 Å². The first-order valence-corrected chi connectivity index (χ1v) is 9.30. The zero-order chi connectivity index (χ0) is 21.6. The smallest absolute Gasteiger partial charge is 0.272 e. The van der Waals surface area contributed by atoms with E-state index in [9.17, 15) is 32.8 Å². The van der Waals surface area contributed by atoms with Crippen LogP contribution in [0.1, 0.15) is 26.3 Å². The molecule has 0 bridgehead atoms. The second-order valence-electron chi connectivity index (χ2n) is 6.33. The summed E-state index contributed by atoms with van der Waals surface area (Å²) in [5.74, 6) is -5.64. The van der Waals surface area contributed by atoms with Crippen molar-refractivity contribution in [2.75, 3.05) is 6.54 Å². The molecule has 2 aromatic carbocycles. The van der Waals surface area contributed by atoms with Crippen LogP contribution in [-0.2, 0) is 9.59 Å².